The van der Waals surface area contributed by atoms with Gasteiger partial charge in [0.25, 0.3) is 0 Å². The first kappa shape index (κ1) is 34.1. The second-order valence-electron chi connectivity index (χ2n) is 15.6. The van der Waals surface area contributed by atoms with Crippen LogP contribution in [-0.2, 0) is 22.7 Å². The van der Waals surface area contributed by atoms with E-state index in [1.54, 1.807) is 6.07 Å². The molecule has 0 aliphatic carbocycles. The highest BCUT2D eigenvalue weighted by Gasteiger charge is 2.43. The molecule has 0 saturated carbocycles. The molecule has 5 aliphatic heterocycles. The van der Waals surface area contributed by atoms with Gasteiger partial charge in [-0.25, -0.2) is 19.0 Å². The Labute approximate surface area is 317 Å². The van der Waals surface area contributed by atoms with Crippen LogP contribution >= 0.6 is 0 Å². The molecule has 5 aliphatic rings. The minimum Gasteiger partial charge on any atom is -0.457 e. The number of fused-ring (bicyclic) bond motifs is 2. The van der Waals surface area contributed by atoms with Crippen LogP contribution in [0.5, 0.6) is 11.5 Å². The fourth-order valence-electron chi connectivity index (χ4n) is 9.08. The van der Waals surface area contributed by atoms with Gasteiger partial charge < -0.3 is 15.4 Å². The lowest BCUT2D eigenvalue weighted by Gasteiger charge is -2.55. The zero-order valence-electron chi connectivity index (χ0n) is 30.5. The van der Waals surface area contributed by atoms with Crippen molar-refractivity contribution in [3.63, 3.8) is 0 Å². The third-order valence-corrected chi connectivity index (χ3v) is 12.3. The highest BCUT2D eigenvalue weighted by atomic mass is 19.1. The number of halogens is 1. The number of imide groups is 1. The molecule has 4 saturated heterocycles. The van der Waals surface area contributed by atoms with E-state index >= 15 is 4.39 Å². The first-order chi connectivity index (χ1) is 26.8. The molecular formula is C41H43FN10O3. The number of nitrogen functional groups attached to an aromatic ring is 1. The lowest BCUT2D eigenvalue weighted by Crippen LogP contribution is -2.70. The van der Waals surface area contributed by atoms with Gasteiger partial charge in [-0.15, -0.1) is 0 Å². The molecular weight excluding hydrogens is 700 g/mol. The van der Waals surface area contributed by atoms with Crippen LogP contribution in [0.25, 0.3) is 22.3 Å². The number of benzene rings is 3. The Balaban J connectivity index is 0.735. The lowest BCUT2D eigenvalue weighted by atomic mass is 9.95. The Morgan fingerprint density at radius 2 is 1.49 bits per heavy atom. The summed E-state index contributed by atoms with van der Waals surface area (Å²) in [5, 5.41) is 8.33. The van der Waals surface area contributed by atoms with Crippen LogP contribution in [0.3, 0.4) is 0 Å². The Kier molecular flexibility index (Phi) is 8.49. The minimum absolute atomic E-state index is 0.204. The normalized spacial score (nSPS) is 21.8. The monoisotopic (exact) mass is 742 g/mol. The molecule has 0 radical (unpaired) electrons. The van der Waals surface area contributed by atoms with Gasteiger partial charge in [0.1, 0.15) is 35.2 Å². The predicted octanol–water partition coefficient (Wildman–Crippen LogP) is 4.34. The number of hydrogen-bond donors (Lipinski definition) is 2. The summed E-state index contributed by atoms with van der Waals surface area (Å²) in [6.45, 7) is 6.76. The Hall–Kier alpha value is -5.44. The Bertz CT molecular complexity index is 2260. The molecule has 0 spiro atoms. The molecule has 2 amide bonds. The van der Waals surface area contributed by atoms with Crippen LogP contribution in [0.1, 0.15) is 42.9 Å². The van der Waals surface area contributed by atoms with E-state index in [2.05, 4.69) is 39.6 Å². The molecule has 55 heavy (non-hydrogen) atoms. The standard InChI is InChI=1S/C41H43FN10O3/c42-33-16-26-18-50(34-10-11-36(53)46-41(34)54)19-27(26)17-35(33)51-22-30(23-51)49-20-29(21-49)48-14-12-28(13-15-48)52-40-37(39(43)44-24-45-40)38(47-52)25-6-8-32(9-7-25)55-31-4-2-1-3-5-31/h1-9,16-17,24,28-30,34H,10-15,18-23H2,(H2,43,44,45)(H,46,53,54). The van der Waals surface area contributed by atoms with E-state index < -0.39 is 0 Å². The van der Waals surface area contributed by atoms with Crippen LogP contribution in [0.2, 0.25) is 0 Å². The summed E-state index contributed by atoms with van der Waals surface area (Å²) < 4.78 is 23.4. The first-order valence-electron chi connectivity index (χ1n) is 19.3. The number of carbonyl (C=O) groups excluding carboxylic acids is 2. The molecule has 282 valence electrons. The molecule has 14 heteroatoms. The van der Waals surface area contributed by atoms with Crippen molar-refractivity contribution in [1.29, 1.82) is 0 Å². The maximum Gasteiger partial charge on any atom is 0.243 e. The van der Waals surface area contributed by atoms with E-state index in [0.717, 1.165) is 97.0 Å². The van der Waals surface area contributed by atoms with E-state index in [-0.39, 0.29) is 29.7 Å². The average Bonchev–Trinajstić information content (AvgIpc) is 3.75. The number of anilines is 2. The van der Waals surface area contributed by atoms with Crippen LogP contribution in [0.15, 0.2) is 73.1 Å². The van der Waals surface area contributed by atoms with E-state index in [9.17, 15) is 9.59 Å². The number of likely N-dealkylation sites (tertiary alicyclic amines) is 2. The van der Waals surface area contributed by atoms with Gasteiger partial charge in [-0.3, -0.25) is 29.6 Å². The number of piperidine rings is 2. The van der Waals surface area contributed by atoms with Gasteiger partial charge in [-0.1, -0.05) is 18.2 Å². The van der Waals surface area contributed by atoms with Gasteiger partial charge in [0.05, 0.1) is 23.2 Å². The Morgan fingerprint density at radius 1 is 0.782 bits per heavy atom. The average molecular weight is 743 g/mol. The molecule has 3 aromatic carbocycles. The summed E-state index contributed by atoms with van der Waals surface area (Å²) >= 11 is 0. The van der Waals surface area contributed by atoms with Crippen molar-refractivity contribution in [2.75, 3.05) is 49.9 Å². The highest BCUT2D eigenvalue weighted by Crippen LogP contribution is 2.38. The summed E-state index contributed by atoms with van der Waals surface area (Å²) in [6.07, 6.45) is 4.30. The number of nitrogens with one attached hydrogen (secondary N) is 1. The Morgan fingerprint density at radius 3 is 2.24 bits per heavy atom. The molecule has 10 rings (SSSR count). The molecule has 1 unspecified atom stereocenters. The molecule has 7 heterocycles. The van der Waals surface area contributed by atoms with Crippen molar-refractivity contribution in [2.45, 2.75) is 62.9 Å². The number of aromatic nitrogens is 4. The van der Waals surface area contributed by atoms with Gasteiger partial charge in [-0.05, 0) is 78.9 Å². The zero-order valence-corrected chi connectivity index (χ0v) is 30.5. The van der Waals surface area contributed by atoms with Crippen molar-refractivity contribution in [3.05, 3.63) is 90.0 Å². The molecule has 1 atom stereocenters. The van der Waals surface area contributed by atoms with Crippen LogP contribution in [0.4, 0.5) is 15.9 Å². The molecule has 2 aromatic heterocycles. The summed E-state index contributed by atoms with van der Waals surface area (Å²) in [4.78, 5) is 42.4. The van der Waals surface area contributed by atoms with Crippen LogP contribution < -0.4 is 20.7 Å². The van der Waals surface area contributed by atoms with Gasteiger partial charge in [0.2, 0.25) is 11.8 Å². The smallest absolute Gasteiger partial charge is 0.243 e. The number of hydrogen-bond acceptors (Lipinski definition) is 11. The van der Waals surface area contributed by atoms with Gasteiger partial charge in [0, 0.05) is 76.4 Å². The number of rotatable bonds is 8. The summed E-state index contributed by atoms with van der Waals surface area (Å²) in [5.74, 6) is 1.28. The van der Waals surface area contributed by atoms with Crippen molar-refractivity contribution < 1.29 is 18.7 Å². The SMILES string of the molecule is Nc1ncnc2c1c(-c1ccc(Oc3ccccc3)cc1)nn2C1CCN(C2CN(C3CN(c4cc5c(cc4F)CN(C4CCC(=O)NC4=O)C5)C3)C2)CC1. The zero-order chi connectivity index (χ0) is 37.2. The highest BCUT2D eigenvalue weighted by molar-refractivity contribution is 6.00. The molecule has 0 bridgehead atoms. The van der Waals surface area contributed by atoms with E-state index in [4.69, 9.17) is 15.6 Å². The summed E-state index contributed by atoms with van der Waals surface area (Å²) in [6, 6.07) is 22.0. The maximum atomic E-state index is 15.3. The number of nitrogens with zero attached hydrogens (tertiary/aromatic N) is 8. The summed E-state index contributed by atoms with van der Waals surface area (Å²) in [7, 11) is 0. The largest absolute Gasteiger partial charge is 0.457 e. The van der Waals surface area contributed by atoms with Gasteiger partial charge >= 0.3 is 0 Å². The molecule has 13 nitrogen and oxygen atoms in total. The molecule has 3 N–H and O–H groups in total. The quantitative estimate of drug-likeness (QED) is 0.220. The fraction of sp³-hybridized carbons (Fsp3) is 0.390. The number of ether oxygens (including phenoxy) is 1. The molecule has 5 aromatic rings. The fourth-order valence-corrected chi connectivity index (χ4v) is 9.08. The number of carbonyl (C=O) groups is 2. The number of amides is 2. The van der Waals surface area contributed by atoms with Crippen LogP contribution in [0, 0.1) is 5.82 Å². The summed E-state index contributed by atoms with van der Waals surface area (Å²) in [5.41, 5.74) is 11.5. The lowest BCUT2D eigenvalue weighted by molar-refractivity contribution is -0.137. The number of nitrogens with two attached hydrogens (primary N) is 1. The maximum absolute atomic E-state index is 15.3. The third-order valence-electron chi connectivity index (χ3n) is 12.3. The van der Waals surface area contributed by atoms with E-state index in [0.29, 0.717) is 49.5 Å². The third kappa shape index (κ3) is 6.27. The van der Waals surface area contributed by atoms with Crippen molar-refractivity contribution in [2.24, 2.45) is 0 Å². The van der Waals surface area contributed by atoms with E-state index in [1.807, 2.05) is 60.7 Å². The van der Waals surface area contributed by atoms with Crippen LogP contribution in [-0.4, -0.2) is 104 Å². The second-order valence-corrected chi connectivity index (χ2v) is 15.6. The van der Waals surface area contributed by atoms with Crippen molar-refractivity contribution in [1.82, 2.24) is 39.8 Å². The minimum atomic E-state index is -0.349. The van der Waals surface area contributed by atoms with Crippen molar-refractivity contribution >= 4 is 34.4 Å². The second kappa shape index (κ2) is 13.7. The predicted molar refractivity (Wildman–Crippen MR) is 205 cm³/mol. The topological polar surface area (TPSA) is 138 Å². The number of para-hydroxylation sites is 1. The van der Waals surface area contributed by atoms with Gasteiger partial charge in [-0.2, -0.15) is 5.10 Å². The van der Waals surface area contributed by atoms with E-state index in [1.165, 1.54) is 6.33 Å². The van der Waals surface area contributed by atoms with Gasteiger partial charge in [0.15, 0.2) is 5.65 Å². The first-order valence-corrected chi connectivity index (χ1v) is 19.3. The molecule has 4 fully saturated rings. The van der Waals surface area contributed by atoms with Crippen molar-refractivity contribution in [3.8, 4) is 22.8 Å².